The Kier molecular flexibility index (Phi) is 44.4. The lowest BCUT2D eigenvalue weighted by molar-refractivity contribution is -0.114. The van der Waals surface area contributed by atoms with Gasteiger partial charge in [-0.1, -0.05) is 259 Å². The molecule has 60 heavy (non-hydrogen) atoms. The van der Waals surface area contributed by atoms with E-state index in [2.05, 4.69) is 27.7 Å². The van der Waals surface area contributed by atoms with Crippen LogP contribution in [0.15, 0.2) is 19.6 Å². The molecular weight excluding hydrogens is 809 g/mol. The van der Waals surface area contributed by atoms with E-state index < -0.39 is 0 Å². The quantitative estimate of drug-likeness (QED) is 0.0447. The van der Waals surface area contributed by atoms with Crippen LogP contribution < -0.4 is 0 Å². The first kappa shape index (κ1) is 58.2. The van der Waals surface area contributed by atoms with Crippen molar-refractivity contribution in [2.45, 2.75) is 285 Å². The third-order valence-electron chi connectivity index (χ3n) is 12.2. The standard InChI is InChI=1S/C54H100O2S4/c1-5-9-13-17-21-25-29-33-37-41-45-57-51-49(55)53(59-47-43-39-35-31-27-23-19-15-11-7-3)54(60-48-44-40-36-32-28-24-20-16-12-8-4)50(56)52(51)58-46-42-38-34-30-26-22-18-14-10-6-2/h5-48H2,1-4H3. The molecule has 0 N–H and O–H groups in total. The van der Waals surface area contributed by atoms with E-state index in [4.69, 9.17) is 0 Å². The fraction of sp³-hybridized carbons (Fsp3) is 0.889. The Hall–Kier alpha value is 0.220. The third-order valence-corrected chi connectivity index (χ3v) is 17.2. The highest BCUT2D eigenvalue weighted by atomic mass is 32.2. The number of rotatable bonds is 48. The number of carbonyl (C=O) groups is 2. The van der Waals surface area contributed by atoms with Gasteiger partial charge >= 0.3 is 0 Å². The topological polar surface area (TPSA) is 34.1 Å². The summed E-state index contributed by atoms with van der Waals surface area (Å²) in [5.74, 6) is 4.16. The van der Waals surface area contributed by atoms with Gasteiger partial charge in [-0.25, -0.2) is 0 Å². The van der Waals surface area contributed by atoms with E-state index in [9.17, 15) is 9.59 Å². The van der Waals surface area contributed by atoms with Crippen molar-refractivity contribution in [1.82, 2.24) is 0 Å². The Morgan fingerprint density at radius 2 is 0.350 bits per heavy atom. The summed E-state index contributed by atoms with van der Waals surface area (Å²) in [5, 5.41) is 0. The van der Waals surface area contributed by atoms with Gasteiger partial charge in [0.15, 0.2) is 0 Å². The average Bonchev–Trinajstić information content (AvgIpc) is 3.25. The lowest BCUT2D eigenvalue weighted by Gasteiger charge is -2.23. The summed E-state index contributed by atoms with van der Waals surface area (Å²) in [7, 11) is 0. The van der Waals surface area contributed by atoms with E-state index in [1.807, 2.05) is 0 Å². The summed E-state index contributed by atoms with van der Waals surface area (Å²) in [5.41, 5.74) is 0. The Morgan fingerprint density at radius 1 is 0.217 bits per heavy atom. The fourth-order valence-electron chi connectivity index (χ4n) is 8.20. The number of Topliss-reactive ketones (excluding diaryl/α,β-unsaturated/α-hetero) is 2. The molecule has 0 saturated heterocycles. The summed E-state index contributed by atoms with van der Waals surface area (Å²) < 4.78 is 0. The zero-order valence-electron chi connectivity index (χ0n) is 40.6. The van der Waals surface area contributed by atoms with Crippen molar-refractivity contribution in [3.05, 3.63) is 19.6 Å². The molecule has 0 heterocycles. The second kappa shape index (κ2) is 45.8. The van der Waals surface area contributed by atoms with Crippen LogP contribution in [0.5, 0.6) is 0 Å². The molecule has 2 nitrogen and oxygen atoms in total. The molecule has 1 aliphatic rings. The van der Waals surface area contributed by atoms with Gasteiger partial charge in [0, 0.05) is 0 Å². The van der Waals surface area contributed by atoms with Crippen molar-refractivity contribution in [3.63, 3.8) is 0 Å². The molecule has 0 atom stereocenters. The summed E-state index contributed by atoms with van der Waals surface area (Å²) in [6.07, 6.45) is 52.8. The number of hydrogen-bond donors (Lipinski definition) is 0. The first-order valence-electron chi connectivity index (χ1n) is 26.7. The summed E-state index contributed by atoms with van der Waals surface area (Å²) in [6, 6.07) is 0. The Labute approximate surface area is 393 Å². The van der Waals surface area contributed by atoms with E-state index >= 15 is 0 Å². The molecule has 352 valence electrons. The first-order chi connectivity index (χ1) is 29.6. The van der Waals surface area contributed by atoms with Gasteiger partial charge in [0.05, 0.1) is 19.6 Å². The molecule has 0 aromatic rings. The number of carbonyl (C=O) groups excluding carboxylic acids is 2. The van der Waals surface area contributed by atoms with Crippen LogP contribution >= 0.6 is 47.0 Å². The smallest absolute Gasteiger partial charge is 0.208 e. The summed E-state index contributed by atoms with van der Waals surface area (Å²) in [4.78, 5) is 32.3. The van der Waals surface area contributed by atoms with Crippen molar-refractivity contribution in [2.24, 2.45) is 0 Å². The Bertz CT molecular complexity index is 894. The van der Waals surface area contributed by atoms with Crippen LogP contribution in [0.1, 0.15) is 285 Å². The number of thioether (sulfide) groups is 4. The first-order valence-corrected chi connectivity index (χ1v) is 30.7. The minimum Gasteiger partial charge on any atom is -0.287 e. The van der Waals surface area contributed by atoms with Crippen LogP contribution in [0.3, 0.4) is 0 Å². The van der Waals surface area contributed by atoms with Gasteiger partial charge < -0.3 is 0 Å². The molecule has 0 amide bonds. The number of ketones is 2. The highest BCUT2D eigenvalue weighted by Crippen LogP contribution is 2.45. The molecule has 0 aromatic heterocycles. The zero-order chi connectivity index (χ0) is 43.4. The molecule has 0 radical (unpaired) electrons. The van der Waals surface area contributed by atoms with Gasteiger partial charge in [-0.3, -0.25) is 9.59 Å². The van der Waals surface area contributed by atoms with E-state index in [0.29, 0.717) is 0 Å². The SMILES string of the molecule is CCCCCCCCCCCCSC1=C(SCCCCCCCCCCCC)C(=O)C(SCCCCCCCCCCCC)=C(SCCCCCCCCCCCC)C1=O. The largest absolute Gasteiger partial charge is 0.287 e. The van der Waals surface area contributed by atoms with E-state index in [-0.39, 0.29) is 11.6 Å². The van der Waals surface area contributed by atoms with Crippen LogP contribution in [0.2, 0.25) is 0 Å². The van der Waals surface area contributed by atoms with Gasteiger partial charge in [-0.2, -0.15) is 0 Å². The summed E-state index contributed by atoms with van der Waals surface area (Å²) in [6.45, 7) is 9.16. The van der Waals surface area contributed by atoms with Crippen LogP contribution in [-0.4, -0.2) is 34.6 Å². The minimum atomic E-state index is 0.180. The van der Waals surface area contributed by atoms with E-state index in [1.165, 1.54) is 231 Å². The highest BCUT2D eigenvalue weighted by molar-refractivity contribution is 8.10. The molecule has 0 aliphatic heterocycles. The second-order valence-corrected chi connectivity index (χ2v) is 22.5. The Balaban J connectivity index is 2.87. The molecule has 0 aromatic carbocycles. The highest BCUT2D eigenvalue weighted by Gasteiger charge is 2.35. The van der Waals surface area contributed by atoms with Gasteiger partial charge in [0.25, 0.3) is 0 Å². The lowest BCUT2D eigenvalue weighted by atomic mass is 10.1. The molecule has 1 rings (SSSR count). The van der Waals surface area contributed by atoms with Crippen LogP contribution in [0.4, 0.5) is 0 Å². The van der Waals surface area contributed by atoms with Crippen molar-refractivity contribution in [3.8, 4) is 0 Å². The normalized spacial score (nSPS) is 13.5. The molecule has 0 unspecified atom stereocenters. The maximum absolute atomic E-state index is 14.6. The zero-order valence-corrected chi connectivity index (χ0v) is 43.8. The van der Waals surface area contributed by atoms with Gasteiger partial charge in [-0.15, -0.1) is 47.0 Å². The third kappa shape index (κ3) is 32.8. The Morgan fingerprint density at radius 3 is 0.500 bits per heavy atom. The number of hydrogen-bond acceptors (Lipinski definition) is 6. The molecule has 0 bridgehead atoms. The van der Waals surface area contributed by atoms with Gasteiger partial charge in [0.1, 0.15) is 0 Å². The van der Waals surface area contributed by atoms with E-state index in [0.717, 1.165) is 68.3 Å². The van der Waals surface area contributed by atoms with Crippen LogP contribution in [-0.2, 0) is 9.59 Å². The van der Waals surface area contributed by atoms with Gasteiger partial charge in [-0.05, 0) is 48.7 Å². The molecular formula is C54H100O2S4. The van der Waals surface area contributed by atoms with Crippen molar-refractivity contribution in [2.75, 3.05) is 23.0 Å². The van der Waals surface area contributed by atoms with Crippen molar-refractivity contribution >= 4 is 58.6 Å². The molecule has 1 aliphatic carbocycles. The molecule has 0 spiro atoms. The summed E-state index contributed by atoms with van der Waals surface area (Å²) >= 11 is 6.88. The lowest BCUT2D eigenvalue weighted by Crippen LogP contribution is -2.20. The van der Waals surface area contributed by atoms with Crippen LogP contribution in [0.25, 0.3) is 0 Å². The maximum Gasteiger partial charge on any atom is 0.208 e. The molecule has 6 heteroatoms. The van der Waals surface area contributed by atoms with E-state index in [1.54, 1.807) is 47.0 Å². The van der Waals surface area contributed by atoms with Crippen molar-refractivity contribution < 1.29 is 9.59 Å². The maximum atomic E-state index is 14.6. The molecule has 0 saturated carbocycles. The number of unbranched alkanes of at least 4 members (excludes halogenated alkanes) is 36. The van der Waals surface area contributed by atoms with Crippen molar-refractivity contribution in [1.29, 1.82) is 0 Å². The monoisotopic (exact) mass is 909 g/mol. The fourth-order valence-corrected chi connectivity index (χ4v) is 13.1. The average molecular weight is 910 g/mol. The number of allylic oxidation sites excluding steroid dienone is 4. The molecule has 0 fully saturated rings. The second-order valence-electron chi connectivity index (χ2n) is 18.1. The van der Waals surface area contributed by atoms with Crippen LogP contribution in [0, 0.1) is 0 Å². The predicted octanol–water partition coefficient (Wildman–Crippen LogP) is 20.2. The van der Waals surface area contributed by atoms with Gasteiger partial charge in [0.2, 0.25) is 11.6 Å². The minimum absolute atomic E-state index is 0.180. The predicted molar refractivity (Wildman–Crippen MR) is 281 cm³/mol.